The first kappa shape index (κ1) is 22.8. The Morgan fingerprint density at radius 3 is 2.63 bits per heavy atom. The van der Waals surface area contributed by atoms with E-state index in [1.807, 2.05) is 23.1 Å². The molecule has 0 spiro atoms. The highest BCUT2D eigenvalue weighted by Crippen LogP contribution is 2.35. The molecule has 0 aliphatic carbocycles. The number of amides is 1. The summed E-state index contributed by atoms with van der Waals surface area (Å²) in [4.78, 5) is 19.5. The van der Waals surface area contributed by atoms with Gasteiger partial charge >= 0.3 is 0 Å². The lowest BCUT2D eigenvalue weighted by atomic mass is 9.92. The number of hydrogen-bond donors (Lipinski definition) is 1. The number of piperidine rings is 1. The van der Waals surface area contributed by atoms with E-state index in [0.29, 0.717) is 50.8 Å². The van der Waals surface area contributed by atoms with Gasteiger partial charge in [-0.15, -0.1) is 0 Å². The third-order valence-electron chi connectivity index (χ3n) is 6.49. The van der Waals surface area contributed by atoms with Gasteiger partial charge in [0.05, 0.1) is 12.3 Å². The minimum absolute atomic E-state index is 0.0348. The van der Waals surface area contributed by atoms with Crippen LogP contribution in [-0.4, -0.2) is 37.2 Å². The molecule has 0 saturated carbocycles. The maximum atomic E-state index is 13.2. The van der Waals surface area contributed by atoms with Crippen LogP contribution in [0.15, 0.2) is 45.4 Å². The fourth-order valence-corrected chi connectivity index (χ4v) is 4.61. The van der Waals surface area contributed by atoms with Gasteiger partial charge in [0, 0.05) is 19.0 Å². The lowest BCUT2D eigenvalue weighted by Crippen LogP contribution is -2.42. The van der Waals surface area contributed by atoms with E-state index >= 15 is 0 Å². The van der Waals surface area contributed by atoms with E-state index in [1.54, 1.807) is 12.1 Å². The first-order valence-electron chi connectivity index (χ1n) is 11.9. The molecule has 1 N–H and O–H groups in total. The molecule has 0 bridgehead atoms. The molecular weight excluding hydrogens is 448 g/mol. The molecular formula is C26H28N4O5. The van der Waals surface area contributed by atoms with Gasteiger partial charge in [0.15, 0.2) is 17.3 Å². The average molecular weight is 477 g/mol. The summed E-state index contributed by atoms with van der Waals surface area (Å²) in [5.74, 6) is 2.75. The molecule has 2 aliphatic rings. The molecule has 182 valence electrons. The summed E-state index contributed by atoms with van der Waals surface area (Å²) >= 11 is 0. The highest BCUT2D eigenvalue weighted by molar-refractivity contribution is 5.79. The Labute approximate surface area is 203 Å². The Kier molecular flexibility index (Phi) is 6.36. The molecule has 9 heteroatoms. The second-order valence-corrected chi connectivity index (χ2v) is 9.16. The average Bonchev–Trinajstić information content (AvgIpc) is 3.57. The molecule has 1 aromatic carbocycles. The molecule has 0 radical (unpaired) electrons. The van der Waals surface area contributed by atoms with Gasteiger partial charge in [0.25, 0.3) is 5.89 Å². The van der Waals surface area contributed by atoms with E-state index in [1.165, 1.54) is 6.26 Å². The van der Waals surface area contributed by atoms with Crippen LogP contribution < -0.4 is 19.7 Å². The Bertz CT molecular complexity index is 1220. The number of carbonyl (C=O) groups is 1. The molecule has 5 rings (SSSR count). The van der Waals surface area contributed by atoms with Crippen LogP contribution in [0.1, 0.15) is 44.0 Å². The van der Waals surface area contributed by atoms with Crippen molar-refractivity contribution in [2.75, 3.05) is 31.2 Å². The minimum atomic E-state index is -0.133. The van der Waals surface area contributed by atoms with Crippen LogP contribution in [-0.2, 0) is 4.79 Å². The van der Waals surface area contributed by atoms with Crippen molar-refractivity contribution >= 4 is 11.8 Å². The van der Waals surface area contributed by atoms with Crippen LogP contribution in [0.3, 0.4) is 0 Å². The Balaban J connectivity index is 1.24. The van der Waals surface area contributed by atoms with Crippen LogP contribution in [0.2, 0.25) is 0 Å². The topological polar surface area (TPSA) is 114 Å². The summed E-state index contributed by atoms with van der Waals surface area (Å²) < 4.78 is 22.6. The van der Waals surface area contributed by atoms with E-state index < -0.39 is 0 Å². The number of benzene rings is 1. The Morgan fingerprint density at radius 2 is 1.94 bits per heavy atom. The number of nitriles is 1. The molecule has 4 heterocycles. The molecule has 1 fully saturated rings. The number of fused-ring (bicyclic) bond motifs is 1. The molecule has 2 aromatic heterocycles. The normalized spacial score (nSPS) is 16.7. The second-order valence-electron chi connectivity index (χ2n) is 9.16. The summed E-state index contributed by atoms with van der Waals surface area (Å²) in [7, 11) is 0. The zero-order chi connectivity index (χ0) is 24.4. The van der Waals surface area contributed by atoms with Crippen LogP contribution in [0.25, 0.3) is 11.7 Å². The number of anilines is 1. The van der Waals surface area contributed by atoms with Crippen molar-refractivity contribution < 1.29 is 23.1 Å². The van der Waals surface area contributed by atoms with Crippen LogP contribution in [0.4, 0.5) is 5.88 Å². The van der Waals surface area contributed by atoms with E-state index in [9.17, 15) is 10.1 Å². The highest BCUT2D eigenvalue weighted by atomic mass is 16.6. The van der Waals surface area contributed by atoms with Crippen molar-refractivity contribution in [2.24, 2.45) is 11.8 Å². The number of furan rings is 1. The predicted octanol–water partition coefficient (Wildman–Crippen LogP) is 4.31. The summed E-state index contributed by atoms with van der Waals surface area (Å²) in [5.41, 5.74) is 1.22. The number of nitrogens with zero attached hydrogens (tertiary/aromatic N) is 3. The fourth-order valence-electron chi connectivity index (χ4n) is 4.61. The number of nitrogens with one attached hydrogen (secondary N) is 1. The second kappa shape index (κ2) is 9.74. The maximum absolute atomic E-state index is 13.2. The standard InChI is InChI=1S/C26H28N4O5/c1-16(2)23(18-5-6-20-22(14-18)34-13-12-33-20)29-24(31)17-7-9-30(10-8-17)26-19(15-27)28-25(35-26)21-4-3-11-32-21/h3-6,11,14,16-17,23H,7-10,12-13H2,1-2H3,(H,29,31). The van der Waals surface area contributed by atoms with Crippen molar-refractivity contribution in [2.45, 2.75) is 32.7 Å². The lowest BCUT2D eigenvalue weighted by Gasteiger charge is -2.32. The molecule has 3 aromatic rings. The maximum Gasteiger partial charge on any atom is 0.266 e. The third-order valence-corrected chi connectivity index (χ3v) is 6.49. The highest BCUT2D eigenvalue weighted by Gasteiger charge is 2.31. The molecule has 1 atom stereocenters. The first-order chi connectivity index (χ1) is 17.0. The number of carbonyl (C=O) groups excluding carboxylic acids is 1. The van der Waals surface area contributed by atoms with Gasteiger partial charge in [-0.25, -0.2) is 0 Å². The number of oxazole rings is 1. The van der Waals surface area contributed by atoms with Gasteiger partial charge in [-0.3, -0.25) is 4.79 Å². The largest absolute Gasteiger partial charge is 0.486 e. The van der Waals surface area contributed by atoms with Gasteiger partial charge in [-0.2, -0.15) is 10.2 Å². The lowest BCUT2D eigenvalue weighted by molar-refractivity contribution is -0.126. The first-order valence-corrected chi connectivity index (χ1v) is 11.9. The smallest absolute Gasteiger partial charge is 0.266 e. The number of ether oxygens (including phenoxy) is 2. The van der Waals surface area contributed by atoms with Crippen LogP contribution in [0, 0.1) is 23.2 Å². The van der Waals surface area contributed by atoms with Crippen molar-refractivity contribution in [3.63, 3.8) is 0 Å². The van der Waals surface area contributed by atoms with Gasteiger partial charge in [0.1, 0.15) is 19.3 Å². The Hall–Kier alpha value is -3.93. The third kappa shape index (κ3) is 4.69. The molecule has 1 unspecified atom stereocenters. The summed E-state index contributed by atoms with van der Waals surface area (Å²) in [6.45, 7) is 6.44. The van der Waals surface area contributed by atoms with Crippen LogP contribution >= 0.6 is 0 Å². The van der Waals surface area contributed by atoms with E-state index in [2.05, 4.69) is 30.2 Å². The SMILES string of the molecule is CC(C)C(NC(=O)C1CCN(c2oc(-c3ccco3)nc2C#N)CC1)c1ccc2c(c1)OCCO2. The zero-order valence-corrected chi connectivity index (χ0v) is 19.8. The van der Waals surface area contributed by atoms with Crippen LogP contribution in [0.5, 0.6) is 11.5 Å². The predicted molar refractivity (Wildman–Crippen MR) is 127 cm³/mol. The van der Waals surface area contributed by atoms with E-state index in [0.717, 1.165) is 17.1 Å². The molecule has 2 aliphatic heterocycles. The molecule has 1 saturated heterocycles. The van der Waals surface area contributed by atoms with Crippen molar-refractivity contribution in [3.8, 4) is 29.2 Å². The van der Waals surface area contributed by atoms with E-state index in [-0.39, 0.29) is 35.4 Å². The summed E-state index contributed by atoms with van der Waals surface area (Å²) in [5, 5.41) is 12.8. The van der Waals surface area contributed by atoms with Gasteiger partial charge in [-0.05, 0) is 48.6 Å². The number of hydrogen-bond acceptors (Lipinski definition) is 8. The quantitative estimate of drug-likeness (QED) is 0.560. The van der Waals surface area contributed by atoms with Gasteiger partial charge < -0.3 is 28.5 Å². The van der Waals surface area contributed by atoms with Gasteiger partial charge in [0.2, 0.25) is 17.5 Å². The summed E-state index contributed by atoms with van der Waals surface area (Å²) in [6.07, 6.45) is 2.84. The molecule has 9 nitrogen and oxygen atoms in total. The summed E-state index contributed by atoms with van der Waals surface area (Å²) in [6, 6.07) is 11.3. The Morgan fingerprint density at radius 1 is 1.17 bits per heavy atom. The monoisotopic (exact) mass is 476 g/mol. The zero-order valence-electron chi connectivity index (χ0n) is 19.8. The van der Waals surface area contributed by atoms with E-state index in [4.69, 9.17) is 18.3 Å². The van der Waals surface area contributed by atoms with Gasteiger partial charge in [-0.1, -0.05) is 19.9 Å². The fraction of sp³-hybridized carbons (Fsp3) is 0.423. The van der Waals surface area contributed by atoms with Crippen molar-refractivity contribution in [1.82, 2.24) is 10.3 Å². The van der Waals surface area contributed by atoms with Crippen molar-refractivity contribution in [1.29, 1.82) is 5.26 Å². The minimum Gasteiger partial charge on any atom is -0.486 e. The number of aromatic nitrogens is 1. The molecule has 1 amide bonds. The number of rotatable bonds is 6. The molecule has 35 heavy (non-hydrogen) atoms. The van der Waals surface area contributed by atoms with Crippen molar-refractivity contribution in [3.05, 3.63) is 47.9 Å².